The summed E-state index contributed by atoms with van der Waals surface area (Å²) in [5, 5.41) is 13.1. The van der Waals surface area contributed by atoms with Crippen molar-refractivity contribution in [3.8, 4) is 5.75 Å². The summed E-state index contributed by atoms with van der Waals surface area (Å²) < 4.78 is 15.8. The van der Waals surface area contributed by atoms with E-state index in [4.69, 9.17) is 30.8 Å². The summed E-state index contributed by atoms with van der Waals surface area (Å²) in [6.45, 7) is 1.23. The molecule has 1 aliphatic rings. The van der Waals surface area contributed by atoms with E-state index in [-0.39, 0.29) is 37.4 Å². The summed E-state index contributed by atoms with van der Waals surface area (Å²) in [4.78, 5) is 61.1. The number of benzene rings is 1. The van der Waals surface area contributed by atoms with E-state index >= 15 is 0 Å². The molecule has 0 spiro atoms. The number of amides is 1. The molecule has 1 N–H and O–H groups in total. The zero-order valence-corrected chi connectivity index (χ0v) is 26.9. The highest BCUT2D eigenvalue weighted by Crippen LogP contribution is 2.28. The number of rotatable bonds is 17. The standard InChI is InChI=1S/C30H37ClN8O8/c1-37(28-32-12-8-13-33-28)27(40)23-19-35-29(36-26(23)34-18-21-10-11-25(44-2)24(31)17-21)38-14-7-9-22(38)20-46-30(41)45-15-5-3-4-6-16-47-39(42)43/h8,10-13,17,19,22H,3-7,9,14-16,18,20H2,1-2H3,(H,34,35,36). The molecule has 1 aliphatic heterocycles. The summed E-state index contributed by atoms with van der Waals surface area (Å²) >= 11 is 6.32. The van der Waals surface area contributed by atoms with Gasteiger partial charge >= 0.3 is 6.16 Å². The fourth-order valence-corrected chi connectivity index (χ4v) is 5.15. The minimum atomic E-state index is -0.814. The van der Waals surface area contributed by atoms with Gasteiger partial charge in [0.05, 0.1) is 31.4 Å². The van der Waals surface area contributed by atoms with Crippen LogP contribution < -0.4 is 19.9 Å². The molecular formula is C30H37ClN8O8. The third-order valence-corrected chi connectivity index (χ3v) is 7.62. The van der Waals surface area contributed by atoms with Gasteiger partial charge in [-0.25, -0.2) is 19.7 Å². The van der Waals surface area contributed by atoms with E-state index in [0.717, 1.165) is 24.8 Å². The average Bonchev–Trinajstić information content (AvgIpc) is 3.56. The summed E-state index contributed by atoms with van der Waals surface area (Å²) in [6, 6.07) is 6.84. The summed E-state index contributed by atoms with van der Waals surface area (Å²) in [5.74, 6) is 1.03. The van der Waals surface area contributed by atoms with Crippen molar-refractivity contribution in [2.75, 3.05) is 55.6 Å². The lowest BCUT2D eigenvalue weighted by Gasteiger charge is -2.25. The number of unbranched alkanes of at least 4 members (excludes halogenated alkanes) is 3. The van der Waals surface area contributed by atoms with Crippen LogP contribution in [0, 0.1) is 10.1 Å². The number of nitrogens with one attached hydrogen (secondary N) is 1. The predicted octanol–water partition coefficient (Wildman–Crippen LogP) is 4.71. The number of halogens is 1. The number of hydrogen-bond donors (Lipinski definition) is 1. The molecule has 1 fully saturated rings. The Bertz CT molecular complexity index is 1500. The molecule has 0 bridgehead atoms. The van der Waals surface area contributed by atoms with Crippen LogP contribution in [0.3, 0.4) is 0 Å². The van der Waals surface area contributed by atoms with E-state index in [0.29, 0.717) is 54.9 Å². The first-order valence-corrected chi connectivity index (χ1v) is 15.5. The Morgan fingerprint density at radius 2 is 1.89 bits per heavy atom. The molecule has 0 saturated carbocycles. The van der Waals surface area contributed by atoms with Crippen LogP contribution in [0.2, 0.25) is 5.02 Å². The molecule has 4 rings (SSSR count). The first kappa shape index (κ1) is 34.9. The van der Waals surface area contributed by atoms with E-state index in [1.807, 2.05) is 11.0 Å². The van der Waals surface area contributed by atoms with E-state index in [1.165, 1.54) is 18.2 Å². The second kappa shape index (κ2) is 17.6. The lowest BCUT2D eigenvalue weighted by molar-refractivity contribution is -0.757. The Kier molecular flexibility index (Phi) is 13.1. The monoisotopic (exact) mass is 672 g/mol. The Hall–Kier alpha value is -4.99. The molecule has 2 aromatic heterocycles. The molecule has 0 aliphatic carbocycles. The Morgan fingerprint density at radius 1 is 1.13 bits per heavy atom. The van der Waals surface area contributed by atoms with Gasteiger partial charge in [0.25, 0.3) is 11.0 Å². The van der Waals surface area contributed by atoms with Crippen LogP contribution in [0.4, 0.5) is 22.5 Å². The minimum absolute atomic E-state index is 0.0470. The van der Waals surface area contributed by atoms with Crippen molar-refractivity contribution < 1.29 is 33.7 Å². The van der Waals surface area contributed by atoms with Gasteiger partial charge < -0.3 is 29.3 Å². The molecule has 1 unspecified atom stereocenters. The van der Waals surface area contributed by atoms with E-state index in [2.05, 4.69) is 25.1 Å². The maximum absolute atomic E-state index is 13.6. The summed E-state index contributed by atoms with van der Waals surface area (Å²) in [5.41, 5.74) is 1.05. The molecule has 16 nitrogen and oxygen atoms in total. The first-order chi connectivity index (χ1) is 22.8. The van der Waals surface area contributed by atoms with Crippen molar-refractivity contribution in [1.29, 1.82) is 0 Å². The van der Waals surface area contributed by atoms with Crippen molar-refractivity contribution >= 4 is 41.4 Å². The van der Waals surface area contributed by atoms with E-state index < -0.39 is 17.1 Å². The van der Waals surface area contributed by atoms with Gasteiger partial charge in [0.2, 0.25) is 11.9 Å². The van der Waals surface area contributed by atoms with Crippen LogP contribution in [-0.2, 0) is 20.9 Å². The fourth-order valence-electron chi connectivity index (χ4n) is 4.87. The van der Waals surface area contributed by atoms with Gasteiger partial charge in [-0.3, -0.25) is 9.69 Å². The average molecular weight is 673 g/mol. The summed E-state index contributed by atoms with van der Waals surface area (Å²) in [7, 11) is 3.11. The maximum atomic E-state index is 13.6. The molecule has 47 heavy (non-hydrogen) atoms. The lowest BCUT2D eigenvalue weighted by Crippen LogP contribution is -2.36. The quantitative estimate of drug-likeness (QED) is 0.0899. The number of hydrogen-bond acceptors (Lipinski definition) is 14. The van der Waals surface area contributed by atoms with Crippen LogP contribution in [0.25, 0.3) is 0 Å². The number of methoxy groups -OCH3 is 1. The van der Waals surface area contributed by atoms with Crippen LogP contribution in [0.5, 0.6) is 5.75 Å². The number of nitrogens with zero attached hydrogens (tertiary/aromatic N) is 7. The van der Waals surface area contributed by atoms with Crippen LogP contribution in [0.1, 0.15) is 54.4 Å². The van der Waals surface area contributed by atoms with Gasteiger partial charge in [-0.2, -0.15) is 4.98 Å². The van der Waals surface area contributed by atoms with Crippen molar-refractivity contribution in [2.45, 2.75) is 51.1 Å². The number of ether oxygens (including phenoxy) is 3. The van der Waals surface area contributed by atoms with Gasteiger partial charge in [-0.1, -0.05) is 24.1 Å². The fraction of sp³-hybridized carbons (Fsp3) is 0.467. The molecule has 17 heteroatoms. The lowest BCUT2D eigenvalue weighted by atomic mass is 10.2. The maximum Gasteiger partial charge on any atom is 0.508 e. The van der Waals surface area contributed by atoms with Crippen molar-refractivity contribution in [1.82, 2.24) is 19.9 Å². The van der Waals surface area contributed by atoms with Gasteiger partial charge in [0.1, 0.15) is 23.7 Å². The normalized spacial score (nSPS) is 13.9. The number of carbonyl (C=O) groups is 2. The smallest absolute Gasteiger partial charge is 0.495 e. The highest BCUT2D eigenvalue weighted by molar-refractivity contribution is 6.32. The Labute approximate surface area is 276 Å². The number of anilines is 3. The SMILES string of the molecule is COc1ccc(CNc2nc(N3CCCC3COC(=O)OCCCCCCO[N+](=O)[O-])ncc2C(=O)N(C)c2ncccn2)cc1Cl. The molecule has 3 aromatic rings. The highest BCUT2D eigenvalue weighted by Gasteiger charge is 2.30. The zero-order chi connectivity index (χ0) is 33.6. The molecule has 1 aromatic carbocycles. The minimum Gasteiger partial charge on any atom is -0.495 e. The van der Waals surface area contributed by atoms with Gasteiger partial charge in [-0.15, -0.1) is 10.1 Å². The van der Waals surface area contributed by atoms with Gasteiger partial charge in [0.15, 0.2) is 0 Å². The van der Waals surface area contributed by atoms with Crippen molar-refractivity contribution in [3.63, 3.8) is 0 Å². The van der Waals surface area contributed by atoms with Crippen LogP contribution in [0.15, 0.2) is 42.9 Å². The molecular weight excluding hydrogens is 636 g/mol. The molecule has 0 radical (unpaired) electrons. The first-order valence-electron chi connectivity index (χ1n) is 15.1. The highest BCUT2D eigenvalue weighted by atomic mass is 35.5. The molecule has 1 atom stereocenters. The van der Waals surface area contributed by atoms with E-state index in [1.54, 1.807) is 37.6 Å². The van der Waals surface area contributed by atoms with Crippen LogP contribution in [-0.4, -0.2) is 83.6 Å². The molecule has 1 saturated heterocycles. The second-order valence-electron chi connectivity index (χ2n) is 10.5. The molecule has 3 heterocycles. The summed E-state index contributed by atoms with van der Waals surface area (Å²) in [6.07, 6.45) is 7.95. The van der Waals surface area contributed by atoms with Crippen molar-refractivity contribution in [2.24, 2.45) is 0 Å². The Morgan fingerprint density at radius 3 is 2.62 bits per heavy atom. The zero-order valence-electron chi connectivity index (χ0n) is 26.2. The number of aromatic nitrogens is 4. The van der Waals surface area contributed by atoms with Crippen LogP contribution >= 0.6 is 11.6 Å². The largest absolute Gasteiger partial charge is 0.508 e. The molecule has 1 amide bonds. The third-order valence-electron chi connectivity index (χ3n) is 7.32. The second-order valence-corrected chi connectivity index (χ2v) is 10.9. The van der Waals surface area contributed by atoms with Crippen molar-refractivity contribution in [3.05, 3.63) is 69.1 Å². The van der Waals surface area contributed by atoms with Gasteiger partial charge in [0, 0.05) is 38.7 Å². The van der Waals surface area contributed by atoms with E-state index in [9.17, 15) is 19.7 Å². The topological polar surface area (TPSA) is 184 Å². The van der Waals surface area contributed by atoms with Gasteiger partial charge in [-0.05, 0) is 55.9 Å². The predicted molar refractivity (Wildman–Crippen MR) is 171 cm³/mol. The third kappa shape index (κ3) is 10.3. The Balaban J connectivity index is 1.40. The molecule has 252 valence electrons. The number of carbonyl (C=O) groups excluding carboxylic acids is 2.